The number of amides is 1. The van der Waals surface area contributed by atoms with Gasteiger partial charge in [0.1, 0.15) is 0 Å². The van der Waals surface area contributed by atoms with E-state index in [1.807, 2.05) is 6.07 Å². The van der Waals surface area contributed by atoms with Crippen LogP contribution in [0.4, 0.5) is 0 Å². The van der Waals surface area contributed by atoms with Gasteiger partial charge in [0, 0.05) is 31.5 Å². The quantitative estimate of drug-likeness (QED) is 0.744. The molecule has 25 heavy (non-hydrogen) atoms. The first-order valence-electron chi connectivity index (χ1n) is 7.59. The molecule has 3 aromatic rings. The van der Waals surface area contributed by atoms with Crippen molar-refractivity contribution in [3.63, 3.8) is 0 Å². The van der Waals surface area contributed by atoms with Crippen LogP contribution in [0.5, 0.6) is 0 Å². The lowest BCUT2D eigenvalue weighted by atomic mass is 10.0. The first kappa shape index (κ1) is 16.4. The summed E-state index contributed by atoms with van der Waals surface area (Å²) in [7, 11) is 1.74. The van der Waals surface area contributed by atoms with Gasteiger partial charge in [0.05, 0.1) is 23.0 Å². The number of carboxylic acid groups (broad SMARTS) is 1. The smallest absolute Gasteiger partial charge is 0.336 e. The minimum Gasteiger partial charge on any atom is -0.478 e. The number of aryl methyl sites for hydroxylation is 1. The summed E-state index contributed by atoms with van der Waals surface area (Å²) in [5.74, 6) is -1.21. The molecule has 0 aliphatic carbocycles. The number of pyridine rings is 1. The lowest BCUT2D eigenvalue weighted by molar-refractivity contribution is 0.0697. The van der Waals surface area contributed by atoms with Gasteiger partial charge in [0.2, 0.25) is 0 Å². The number of hydrogen-bond donors (Lipinski definition) is 2. The van der Waals surface area contributed by atoms with Crippen LogP contribution in [0.1, 0.15) is 26.3 Å². The van der Waals surface area contributed by atoms with E-state index in [2.05, 4.69) is 15.4 Å². The Bertz CT molecular complexity index is 916. The van der Waals surface area contributed by atoms with Crippen LogP contribution in [0, 0.1) is 0 Å². The van der Waals surface area contributed by atoms with E-state index < -0.39 is 5.97 Å². The fourth-order valence-corrected chi connectivity index (χ4v) is 2.40. The number of rotatable bonds is 5. The van der Waals surface area contributed by atoms with Crippen LogP contribution in [0.3, 0.4) is 0 Å². The van der Waals surface area contributed by atoms with Crippen LogP contribution in [-0.2, 0) is 13.6 Å². The maximum Gasteiger partial charge on any atom is 0.336 e. The zero-order valence-electron chi connectivity index (χ0n) is 13.5. The summed E-state index contributed by atoms with van der Waals surface area (Å²) in [4.78, 5) is 27.6. The van der Waals surface area contributed by atoms with Gasteiger partial charge < -0.3 is 10.4 Å². The number of nitrogens with one attached hydrogen (secondary N) is 1. The zero-order chi connectivity index (χ0) is 17.8. The number of hydrogen-bond acceptors (Lipinski definition) is 4. The van der Waals surface area contributed by atoms with Gasteiger partial charge >= 0.3 is 5.97 Å². The second kappa shape index (κ2) is 6.96. The molecule has 1 aromatic carbocycles. The maximum atomic E-state index is 12.0. The third kappa shape index (κ3) is 3.72. The molecule has 0 unspecified atom stereocenters. The van der Waals surface area contributed by atoms with Gasteiger partial charge in [-0.1, -0.05) is 24.3 Å². The summed E-state index contributed by atoms with van der Waals surface area (Å²) in [6, 6.07) is 10.3. The molecule has 2 heterocycles. The normalized spacial score (nSPS) is 10.4. The Kier molecular flexibility index (Phi) is 4.56. The van der Waals surface area contributed by atoms with Crippen molar-refractivity contribution >= 4 is 11.9 Å². The topological polar surface area (TPSA) is 97.1 Å². The van der Waals surface area contributed by atoms with Gasteiger partial charge in [0.25, 0.3) is 5.91 Å². The monoisotopic (exact) mass is 336 g/mol. The fourth-order valence-electron chi connectivity index (χ4n) is 2.40. The lowest BCUT2D eigenvalue weighted by Gasteiger charge is -2.07. The highest BCUT2D eigenvalue weighted by Gasteiger charge is 2.12. The summed E-state index contributed by atoms with van der Waals surface area (Å²) in [5, 5.41) is 16.0. The third-order valence-electron chi connectivity index (χ3n) is 3.68. The molecule has 3 rings (SSSR count). The highest BCUT2D eigenvalue weighted by Crippen LogP contribution is 2.21. The van der Waals surface area contributed by atoms with Crippen molar-refractivity contribution in [3.05, 3.63) is 71.7 Å². The second-order valence-corrected chi connectivity index (χ2v) is 5.49. The Morgan fingerprint density at radius 3 is 2.60 bits per heavy atom. The number of carbonyl (C=O) groups is 2. The molecule has 0 atom stereocenters. The van der Waals surface area contributed by atoms with Gasteiger partial charge in [-0.25, -0.2) is 4.79 Å². The fraction of sp³-hybridized carbons (Fsp3) is 0.111. The molecule has 2 aromatic heterocycles. The van der Waals surface area contributed by atoms with Gasteiger partial charge in [0.15, 0.2) is 0 Å². The Hall–Kier alpha value is -3.48. The molecular formula is C18H16N4O3. The van der Waals surface area contributed by atoms with Crippen molar-refractivity contribution in [1.29, 1.82) is 0 Å². The van der Waals surface area contributed by atoms with E-state index in [-0.39, 0.29) is 11.5 Å². The molecular weight excluding hydrogens is 320 g/mol. The largest absolute Gasteiger partial charge is 0.478 e. The minimum absolute atomic E-state index is 0.202. The summed E-state index contributed by atoms with van der Waals surface area (Å²) >= 11 is 0. The Morgan fingerprint density at radius 1 is 1.16 bits per heavy atom. The van der Waals surface area contributed by atoms with E-state index >= 15 is 0 Å². The molecule has 7 nitrogen and oxygen atoms in total. The molecule has 0 aliphatic heterocycles. The minimum atomic E-state index is -0.995. The molecule has 0 aliphatic rings. The molecule has 126 valence electrons. The summed E-state index contributed by atoms with van der Waals surface area (Å²) in [5.41, 5.74) is 2.63. The molecule has 0 radical (unpaired) electrons. The van der Waals surface area contributed by atoms with Crippen LogP contribution in [0.25, 0.3) is 11.3 Å². The van der Waals surface area contributed by atoms with Gasteiger partial charge in [-0.2, -0.15) is 5.10 Å². The maximum absolute atomic E-state index is 12.0. The van der Waals surface area contributed by atoms with Crippen molar-refractivity contribution in [2.75, 3.05) is 0 Å². The molecule has 1 amide bonds. The predicted octanol–water partition coefficient (Wildman–Crippen LogP) is 2.11. The van der Waals surface area contributed by atoms with E-state index in [1.165, 1.54) is 6.20 Å². The molecule has 7 heteroatoms. The van der Waals surface area contributed by atoms with Crippen LogP contribution in [0.2, 0.25) is 0 Å². The highest BCUT2D eigenvalue weighted by atomic mass is 16.4. The zero-order valence-corrected chi connectivity index (χ0v) is 13.5. The standard InChI is InChI=1S/C18H16N4O3/c1-22-11-13(10-21-22)17(23)20-9-12-6-7-16(19-8-12)14-4-2-3-5-15(14)18(24)25/h2-8,10-11H,9H2,1H3,(H,20,23)(H,24,25). The summed E-state index contributed by atoms with van der Waals surface area (Å²) in [6.07, 6.45) is 4.76. The molecule has 0 saturated heterocycles. The van der Waals surface area contributed by atoms with E-state index in [0.29, 0.717) is 23.4 Å². The molecule has 0 saturated carbocycles. The highest BCUT2D eigenvalue weighted by molar-refractivity contribution is 5.95. The Balaban J connectivity index is 1.71. The van der Waals surface area contributed by atoms with Gasteiger partial charge in [-0.05, 0) is 17.7 Å². The van der Waals surface area contributed by atoms with Crippen LogP contribution in [0.15, 0.2) is 55.0 Å². The average molecular weight is 336 g/mol. The van der Waals surface area contributed by atoms with E-state index in [4.69, 9.17) is 0 Å². The number of aromatic nitrogens is 3. The van der Waals surface area contributed by atoms with Crippen molar-refractivity contribution in [2.24, 2.45) is 7.05 Å². The Morgan fingerprint density at radius 2 is 1.96 bits per heavy atom. The van der Waals surface area contributed by atoms with Crippen molar-refractivity contribution in [3.8, 4) is 11.3 Å². The number of carbonyl (C=O) groups excluding carboxylic acids is 1. The first-order valence-corrected chi connectivity index (χ1v) is 7.59. The van der Waals surface area contributed by atoms with E-state index in [0.717, 1.165) is 5.56 Å². The number of aromatic carboxylic acids is 1. The summed E-state index contributed by atoms with van der Waals surface area (Å²) in [6.45, 7) is 0.321. The van der Waals surface area contributed by atoms with Crippen LogP contribution >= 0.6 is 0 Å². The van der Waals surface area contributed by atoms with Crippen LogP contribution in [-0.4, -0.2) is 31.7 Å². The van der Waals surface area contributed by atoms with Gasteiger partial charge in [-0.3, -0.25) is 14.5 Å². The van der Waals surface area contributed by atoms with Crippen molar-refractivity contribution < 1.29 is 14.7 Å². The summed E-state index contributed by atoms with van der Waals surface area (Å²) < 4.78 is 1.56. The Labute approximate surface area is 143 Å². The molecule has 0 fully saturated rings. The second-order valence-electron chi connectivity index (χ2n) is 5.49. The predicted molar refractivity (Wildman–Crippen MR) is 91.0 cm³/mol. The third-order valence-corrected chi connectivity index (χ3v) is 3.68. The van der Waals surface area contributed by atoms with Crippen molar-refractivity contribution in [1.82, 2.24) is 20.1 Å². The molecule has 0 spiro atoms. The SMILES string of the molecule is Cn1cc(C(=O)NCc2ccc(-c3ccccc3C(=O)O)nc2)cn1. The number of nitrogens with zero attached hydrogens (tertiary/aromatic N) is 3. The first-order chi connectivity index (χ1) is 12.0. The van der Waals surface area contributed by atoms with Gasteiger partial charge in [-0.15, -0.1) is 0 Å². The van der Waals surface area contributed by atoms with E-state index in [9.17, 15) is 14.7 Å². The van der Waals surface area contributed by atoms with Crippen LogP contribution < -0.4 is 5.32 Å². The number of benzene rings is 1. The molecule has 2 N–H and O–H groups in total. The van der Waals surface area contributed by atoms with Crippen molar-refractivity contribution in [2.45, 2.75) is 6.54 Å². The molecule has 0 bridgehead atoms. The lowest BCUT2D eigenvalue weighted by Crippen LogP contribution is -2.22. The number of carboxylic acids is 1. The average Bonchev–Trinajstić information content (AvgIpc) is 3.06. The van der Waals surface area contributed by atoms with E-state index in [1.54, 1.807) is 54.5 Å².